The molecule has 0 unspecified atom stereocenters. The van der Waals surface area contributed by atoms with Crippen LogP contribution < -0.4 is 10.9 Å². The lowest BCUT2D eigenvalue weighted by atomic mass is 10.0. The summed E-state index contributed by atoms with van der Waals surface area (Å²) in [6.45, 7) is 4.56. The van der Waals surface area contributed by atoms with Crippen molar-refractivity contribution < 1.29 is 4.79 Å². The minimum Gasteiger partial charge on any atom is -0.337 e. The number of hydrogen-bond acceptors (Lipinski definition) is 5. The zero-order chi connectivity index (χ0) is 20.3. The van der Waals surface area contributed by atoms with Gasteiger partial charge in [0.15, 0.2) is 5.16 Å². The van der Waals surface area contributed by atoms with Gasteiger partial charge in [0.25, 0.3) is 5.56 Å². The fraction of sp³-hybridized carbons (Fsp3) is 0.500. The van der Waals surface area contributed by atoms with E-state index in [2.05, 4.69) is 16.4 Å². The quantitative estimate of drug-likeness (QED) is 0.570. The zero-order valence-corrected chi connectivity index (χ0v) is 17.6. The van der Waals surface area contributed by atoms with Crippen LogP contribution in [0.5, 0.6) is 0 Å². The molecule has 0 atom stereocenters. The van der Waals surface area contributed by atoms with Gasteiger partial charge in [0.05, 0.1) is 22.7 Å². The van der Waals surface area contributed by atoms with Crippen LogP contribution in [0.1, 0.15) is 39.5 Å². The van der Waals surface area contributed by atoms with Crippen molar-refractivity contribution in [2.45, 2.75) is 56.8 Å². The highest BCUT2D eigenvalue weighted by molar-refractivity contribution is 7.99. The van der Waals surface area contributed by atoms with E-state index < -0.39 is 5.54 Å². The first-order chi connectivity index (χ1) is 13.3. The Bertz CT molecular complexity index is 990. The molecule has 148 valence electrons. The standard InChI is InChI=1S/C20H23ClN4O2S/c1-13(2)10-25-18(27)15-6-5-14(21)9-16(15)23-19(25)28-11-17(26)24-20(12-22)7-3-4-8-20/h5-6,9,13H,3-4,7-8,10-11H2,1-2H3,(H,24,26). The van der Waals surface area contributed by atoms with Crippen molar-refractivity contribution in [3.8, 4) is 6.07 Å². The van der Waals surface area contributed by atoms with E-state index >= 15 is 0 Å². The lowest BCUT2D eigenvalue weighted by molar-refractivity contribution is -0.119. The number of carbonyl (C=O) groups excluding carboxylic acids is 1. The van der Waals surface area contributed by atoms with Gasteiger partial charge in [-0.25, -0.2) is 4.98 Å². The molecule has 2 aromatic rings. The number of carbonyl (C=O) groups is 1. The highest BCUT2D eigenvalue weighted by atomic mass is 35.5. The Morgan fingerprint density at radius 3 is 2.79 bits per heavy atom. The monoisotopic (exact) mass is 418 g/mol. The molecule has 0 spiro atoms. The lowest BCUT2D eigenvalue weighted by Crippen LogP contribution is -2.45. The second-order valence-electron chi connectivity index (χ2n) is 7.60. The summed E-state index contributed by atoms with van der Waals surface area (Å²) < 4.78 is 1.62. The largest absolute Gasteiger partial charge is 0.337 e. The molecule has 1 saturated carbocycles. The number of nitrogens with zero attached hydrogens (tertiary/aromatic N) is 3. The predicted molar refractivity (Wildman–Crippen MR) is 112 cm³/mol. The van der Waals surface area contributed by atoms with Gasteiger partial charge in [-0.3, -0.25) is 14.2 Å². The van der Waals surface area contributed by atoms with Gasteiger partial charge in [-0.15, -0.1) is 0 Å². The van der Waals surface area contributed by atoms with Gasteiger partial charge in [-0.1, -0.05) is 37.2 Å². The summed E-state index contributed by atoms with van der Waals surface area (Å²) in [5, 5.41) is 13.8. The molecule has 0 radical (unpaired) electrons. The van der Waals surface area contributed by atoms with Crippen molar-refractivity contribution in [1.82, 2.24) is 14.9 Å². The summed E-state index contributed by atoms with van der Waals surface area (Å²) in [5.41, 5.74) is -0.369. The second-order valence-corrected chi connectivity index (χ2v) is 8.98. The molecule has 1 aliphatic carbocycles. The fourth-order valence-electron chi connectivity index (χ4n) is 3.49. The summed E-state index contributed by atoms with van der Waals surface area (Å²) in [4.78, 5) is 30.0. The Hall–Kier alpha value is -2.04. The number of hydrogen-bond donors (Lipinski definition) is 1. The first-order valence-corrected chi connectivity index (χ1v) is 10.7. The normalized spacial score (nSPS) is 15.7. The maximum absolute atomic E-state index is 12.9. The Morgan fingerprint density at radius 2 is 2.14 bits per heavy atom. The summed E-state index contributed by atoms with van der Waals surface area (Å²) in [6.07, 6.45) is 3.26. The van der Waals surface area contributed by atoms with Crippen molar-refractivity contribution >= 4 is 40.2 Å². The van der Waals surface area contributed by atoms with Crippen LogP contribution in [0.2, 0.25) is 5.02 Å². The van der Waals surface area contributed by atoms with E-state index in [0.29, 0.717) is 40.5 Å². The number of rotatable bonds is 6. The second kappa shape index (κ2) is 8.54. The van der Waals surface area contributed by atoms with E-state index in [0.717, 1.165) is 12.8 Å². The minimum absolute atomic E-state index is 0.0973. The fourth-order valence-corrected chi connectivity index (χ4v) is 4.46. The van der Waals surface area contributed by atoms with Crippen LogP contribution >= 0.6 is 23.4 Å². The van der Waals surface area contributed by atoms with Crippen LogP contribution in [0.15, 0.2) is 28.2 Å². The van der Waals surface area contributed by atoms with E-state index in [-0.39, 0.29) is 23.1 Å². The van der Waals surface area contributed by atoms with Gasteiger partial charge in [0, 0.05) is 11.6 Å². The van der Waals surface area contributed by atoms with Gasteiger partial charge < -0.3 is 5.32 Å². The van der Waals surface area contributed by atoms with Crippen molar-refractivity contribution in [2.75, 3.05) is 5.75 Å². The Morgan fingerprint density at radius 1 is 1.43 bits per heavy atom. The minimum atomic E-state index is -0.750. The first-order valence-electron chi connectivity index (χ1n) is 9.39. The molecule has 0 saturated heterocycles. The molecule has 1 N–H and O–H groups in total. The number of benzene rings is 1. The van der Waals surface area contributed by atoms with Gasteiger partial charge in [0.2, 0.25) is 5.91 Å². The van der Waals surface area contributed by atoms with Gasteiger partial charge in [-0.05, 0) is 49.8 Å². The van der Waals surface area contributed by atoms with Crippen molar-refractivity contribution in [3.05, 3.63) is 33.6 Å². The molecular formula is C20H23ClN4O2S. The molecule has 3 rings (SSSR count). The molecule has 1 fully saturated rings. The molecule has 0 aliphatic heterocycles. The zero-order valence-electron chi connectivity index (χ0n) is 16.0. The van der Waals surface area contributed by atoms with Crippen molar-refractivity contribution in [1.29, 1.82) is 5.26 Å². The smallest absolute Gasteiger partial charge is 0.262 e. The first kappa shape index (κ1) is 20.7. The van der Waals surface area contributed by atoms with Crippen LogP contribution in [0.25, 0.3) is 10.9 Å². The van der Waals surface area contributed by atoms with E-state index in [1.807, 2.05) is 13.8 Å². The third-order valence-corrected chi connectivity index (χ3v) is 6.02. The highest BCUT2D eigenvalue weighted by Gasteiger charge is 2.35. The third kappa shape index (κ3) is 4.50. The molecule has 1 aromatic heterocycles. The number of aromatic nitrogens is 2. The van der Waals surface area contributed by atoms with Crippen molar-refractivity contribution in [2.24, 2.45) is 5.92 Å². The van der Waals surface area contributed by atoms with Crippen LogP contribution in [0.3, 0.4) is 0 Å². The summed E-state index contributed by atoms with van der Waals surface area (Å²) in [5.74, 6) is 0.128. The SMILES string of the molecule is CC(C)Cn1c(SCC(=O)NC2(C#N)CCCC2)nc2cc(Cl)ccc2c1=O. The number of thioether (sulfide) groups is 1. The number of amides is 1. The number of nitriles is 1. The molecule has 6 nitrogen and oxygen atoms in total. The van der Waals surface area contributed by atoms with Crippen LogP contribution in [0.4, 0.5) is 0 Å². The molecule has 28 heavy (non-hydrogen) atoms. The molecule has 1 aromatic carbocycles. The summed E-state index contributed by atoms with van der Waals surface area (Å²) in [6, 6.07) is 7.27. The maximum atomic E-state index is 12.9. The number of halogens is 1. The van der Waals surface area contributed by atoms with Crippen LogP contribution in [-0.4, -0.2) is 26.8 Å². The number of nitrogens with one attached hydrogen (secondary N) is 1. The maximum Gasteiger partial charge on any atom is 0.262 e. The number of fused-ring (bicyclic) bond motifs is 1. The molecule has 8 heteroatoms. The molecule has 1 amide bonds. The molecule has 1 heterocycles. The topological polar surface area (TPSA) is 87.8 Å². The van der Waals surface area contributed by atoms with Crippen molar-refractivity contribution in [3.63, 3.8) is 0 Å². The van der Waals surface area contributed by atoms with E-state index in [4.69, 9.17) is 11.6 Å². The summed E-state index contributed by atoms with van der Waals surface area (Å²) >= 11 is 7.26. The molecule has 0 bridgehead atoms. The lowest BCUT2D eigenvalue weighted by Gasteiger charge is -2.22. The van der Waals surface area contributed by atoms with Gasteiger partial charge >= 0.3 is 0 Å². The third-order valence-electron chi connectivity index (χ3n) is 4.81. The Balaban J connectivity index is 1.85. The molecular weight excluding hydrogens is 396 g/mol. The van der Waals surface area contributed by atoms with Gasteiger partial charge in [0.1, 0.15) is 5.54 Å². The van der Waals surface area contributed by atoms with Gasteiger partial charge in [-0.2, -0.15) is 5.26 Å². The van der Waals surface area contributed by atoms with Crippen LogP contribution in [0, 0.1) is 17.2 Å². The van der Waals surface area contributed by atoms with Crippen LogP contribution in [-0.2, 0) is 11.3 Å². The van der Waals surface area contributed by atoms with E-state index in [1.165, 1.54) is 11.8 Å². The molecule has 1 aliphatic rings. The Kier molecular flexibility index (Phi) is 6.31. The van der Waals surface area contributed by atoms with E-state index in [9.17, 15) is 14.9 Å². The van der Waals surface area contributed by atoms with E-state index in [1.54, 1.807) is 22.8 Å². The average molecular weight is 419 g/mol. The Labute approximate surface area is 173 Å². The summed E-state index contributed by atoms with van der Waals surface area (Å²) in [7, 11) is 0. The highest BCUT2D eigenvalue weighted by Crippen LogP contribution is 2.29. The predicted octanol–water partition coefficient (Wildman–Crippen LogP) is 3.75. The average Bonchev–Trinajstić information content (AvgIpc) is 3.11.